The Balaban J connectivity index is 1.82. The van der Waals surface area contributed by atoms with Crippen LogP contribution in [0.25, 0.3) is 0 Å². The van der Waals surface area contributed by atoms with Crippen molar-refractivity contribution in [1.29, 1.82) is 0 Å². The van der Waals surface area contributed by atoms with Gasteiger partial charge in [-0.25, -0.2) is 0 Å². The maximum absolute atomic E-state index is 12.3. The number of ether oxygens (including phenoxy) is 1. The second-order valence-corrected chi connectivity index (χ2v) is 6.01. The highest BCUT2D eigenvalue weighted by Crippen LogP contribution is 2.08. The number of carbonyl (C=O) groups is 2. The van der Waals surface area contributed by atoms with Gasteiger partial charge in [-0.2, -0.15) is 0 Å². The van der Waals surface area contributed by atoms with Crippen LogP contribution in [-0.4, -0.2) is 111 Å². The van der Waals surface area contributed by atoms with E-state index in [0.29, 0.717) is 26.2 Å². The third-order valence-electron chi connectivity index (χ3n) is 4.08. The fourth-order valence-electron chi connectivity index (χ4n) is 2.63. The monoisotopic (exact) mass is 298 g/mol. The molecule has 0 bridgehead atoms. The molecule has 0 aromatic carbocycles. The number of morpholine rings is 1. The first-order chi connectivity index (χ1) is 9.97. The zero-order chi connectivity index (χ0) is 15.4. The molecule has 2 aliphatic rings. The molecule has 1 atom stereocenters. The Bertz CT molecular complexity index is 380. The fraction of sp³-hybridized carbons (Fsp3) is 0.857. The van der Waals surface area contributed by atoms with Crippen molar-refractivity contribution in [3.63, 3.8) is 0 Å². The molecule has 2 heterocycles. The lowest BCUT2D eigenvalue weighted by atomic mass is 10.2. The largest absolute Gasteiger partial charge is 0.366 e. The summed E-state index contributed by atoms with van der Waals surface area (Å²) < 4.78 is 5.51. The van der Waals surface area contributed by atoms with Gasteiger partial charge in [0.15, 0.2) is 0 Å². The zero-order valence-electron chi connectivity index (χ0n) is 13.2. The molecule has 2 fully saturated rings. The standard InChI is InChI=1S/C14H26N4O3/c1-15(2)14(20)12-10-17(8-9-21-12)11-13(19)18-6-4-16(3)5-7-18/h12H,4-11H2,1-3H3/t12-/m0/s1. The predicted molar refractivity (Wildman–Crippen MR) is 79.0 cm³/mol. The summed E-state index contributed by atoms with van der Waals surface area (Å²) in [6.07, 6.45) is -0.450. The quantitative estimate of drug-likeness (QED) is 0.638. The lowest BCUT2D eigenvalue weighted by molar-refractivity contribution is -0.149. The van der Waals surface area contributed by atoms with Gasteiger partial charge in [-0.15, -0.1) is 0 Å². The molecule has 120 valence electrons. The normalized spacial score (nSPS) is 24.9. The summed E-state index contributed by atoms with van der Waals surface area (Å²) in [7, 11) is 5.52. The van der Waals surface area contributed by atoms with Gasteiger partial charge in [-0.1, -0.05) is 0 Å². The van der Waals surface area contributed by atoms with Crippen LogP contribution in [0.3, 0.4) is 0 Å². The van der Waals surface area contributed by atoms with E-state index in [9.17, 15) is 9.59 Å². The third kappa shape index (κ3) is 4.39. The van der Waals surface area contributed by atoms with Gasteiger partial charge in [0.25, 0.3) is 5.91 Å². The Kier molecular flexibility index (Phi) is 5.55. The van der Waals surface area contributed by atoms with Crippen LogP contribution >= 0.6 is 0 Å². The van der Waals surface area contributed by atoms with Gasteiger partial charge in [0, 0.05) is 53.4 Å². The molecule has 0 radical (unpaired) electrons. The minimum Gasteiger partial charge on any atom is -0.366 e. The van der Waals surface area contributed by atoms with E-state index in [1.54, 1.807) is 14.1 Å². The van der Waals surface area contributed by atoms with Gasteiger partial charge >= 0.3 is 0 Å². The number of nitrogens with zero attached hydrogens (tertiary/aromatic N) is 4. The summed E-state index contributed by atoms with van der Waals surface area (Å²) in [5.41, 5.74) is 0. The van der Waals surface area contributed by atoms with E-state index in [1.165, 1.54) is 4.90 Å². The van der Waals surface area contributed by atoms with Crippen LogP contribution in [0.5, 0.6) is 0 Å². The highest BCUT2D eigenvalue weighted by molar-refractivity contribution is 5.81. The van der Waals surface area contributed by atoms with Crippen LogP contribution in [0.2, 0.25) is 0 Å². The maximum Gasteiger partial charge on any atom is 0.252 e. The Labute approximate surface area is 126 Å². The molecule has 0 N–H and O–H groups in total. The van der Waals surface area contributed by atoms with Gasteiger partial charge in [0.05, 0.1) is 13.2 Å². The van der Waals surface area contributed by atoms with Crippen molar-refractivity contribution >= 4 is 11.8 Å². The van der Waals surface area contributed by atoms with Crippen molar-refractivity contribution in [2.45, 2.75) is 6.10 Å². The first-order valence-electron chi connectivity index (χ1n) is 7.49. The van der Waals surface area contributed by atoms with Crippen LogP contribution in [0, 0.1) is 0 Å². The molecule has 0 aromatic rings. The second-order valence-electron chi connectivity index (χ2n) is 6.01. The molecule has 2 aliphatic heterocycles. The lowest BCUT2D eigenvalue weighted by Crippen LogP contribution is -2.54. The maximum atomic E-state index is 12.3. The number of hydrogen-bond acceptors (Lipinski definition) is 5. The molecule has 0 unspecified atom stereocenters. The molecule has 2 saturated heterocycles. The smallest absolute Gasteiger partial charge is 0.252 e. The molecular weight excluding hydrogens is 272 g/mol. The van der Waals surface area contributed by atoms with E-state index in [-0.39, 0.29) is 11.8 Å². The molecule has 2 amide bonds. The van der Waals surface area contributed by atoms with Crippen molar-refractivity contribution in [3.8, 4) is 0 Å². The van der Waals surface area contributed by atoms with Gasteiger partial charge < -0.3 is 19.4 Å². The van der Waals surface area contributed by atoms with E-state index in [2.05, 4.69) is 11.9 Å². The summed E-state index contributed by atoms with van der Waals surface area (Å²) in [6, 6.07) is 0. The number of hydrogen-bond donors (Lipinski definition) is 0. The van der Waals surface area contributed by atoms with E-state index in [0.717, 1.165) is 26.2 Å². The predicted octanol–water partition coefficient (Wildman–Crippen LogP) is -1.45. The fourth-order valence-corrected chi connectivity index (χ4v) is 2.63. The Morgan fingerprint density at radius 2 is 1.81 bits per heavy atom. The van der Waals surface area contributed by atoms with Gasteiger partial charge in [0.2, 0.25) is 5.91 Å². The number of amides is 2. The number of rotatable bonds is 3. The Morgan fingerprint density at radius 1 is 1.14 bits per heavy atom. The van der Waals surface area contributed by atoms with Gasteiger partial charge in [-0.05, 0) is 7.05 Å². The van der Waals surface area contributed by atoms with Gasteiger partial charge in [0.1, 0.15) is 6.10 Å². The molecule has 0 saturated carbocycles. The summed E-state index contributed by atoms with van der Waals surface area (Å²) in [5.74, 6) is 0.118. The van der Waals surface area contributed by atoms with Crippen molar-refractivity contribution in [3.05, 3.63) is 0 Å². The van der Waals surface area contributed by atoms with Crippen molar-refractivity contribution < 1.29 is 14.3 Å². The highest BCUT2D eigenvalue weighted by Gasteiger charge is 2.30. The topological polar surface area (TPSA) is 56.3 Å². The summed E-state index contributed by atoms with van der Waals surface area (Å²) in [4.78, 5) is 32.0. The lowest BCUT2D eigenvalue weighted by Gasteiger charge is -2.36. The Morgan fingerprint density at radius 3 is 2.43 bits per heavy atom. The minimum atomic E-state index is -0.450. The van der Waals surface area contributed by atoms with Gasteiger partial charge in [-0.3, -0.25) is 14.5 Å². The first kappa shape index (κ1) is 16.2. The van der Waals surface area contributed by atoms with Crippen molar-refractivity contribution in [1.82, 2.24) is 19.6 Å². The van der Waals surface area contributed by atoms with E-state index >= 15 is 0 Å². The first-order valence-corrected chi connectivity index (χ1v) is 7.49. The number of carbonyl (C=O) groups excluding carboxylic acids is 2. The number of piperazine rings is 1. The minimum absolute atomic E-state index is 0.0354. The second kappa shape index (κ2) is 7.20. The van der Waals surface area contributed by atoms with Crippen LogP contribution in [-0.2, 0) is 14.3 Å². The molecule has 7 nitrogen and oxygen atoms in total. The summed E-state index contributed by atoms with van der Waals surface area (Å²) in [5, 5.41) is 0. The van der Waals surface area contributed by atoms with Crippen LogP contribution in [0.4, 0.5) is 0 Å². The van der Waals surface area contributed by atoms with Crippen LogP contribution < -0.4 is 0 Å². The highest BCUT2D eigenvalue weighted by atomic mass is 16.5. The number of likely N-dealkylation sites (N-methyl/N-ethyl adjacent to an activating group) is 2. The van der Waals surface area contributed by atoms with Crippen LogP contribution in [0.1, 0.15) is 0 Å². The van der Waals surface area contributed by atoms with E-state index in [4.69, 9.17) is 4.74 Å². The summed E-state index contributed by atoms with van der Waals surface area (Å²) in [6.45, 7) is 5.52. The van der Waals surface area contributed by atoms with Crippen LogP contribution in [0.15, 0.2) is 0 Å². The molecular formula is C14H26N4O3. The molecule has 7 heteroatoms. The average Bonchev–Trinajstić information content (AvgIpc) is 2.47. The van der Waals surface area contributed by atoms with Crippen molar-refractivity contribution in [2.75, 3.05) is 73.6 Å². The zero-order valence-corrected chi connectivity index (χ0v) is 13.2. The Hall–Kier alpha value is -1.18. The SMILES string of the molecule is CN1CCN(C(=O)CN2CCO[C@H](C(=O)N(C)C)C2)CC1. The molecule has 0 spiro atoms. The van der Waals surface area contributed by atoms with E-state index in [1.807, 2.05) is 9.80 Å². The molecule has 0 aliphatic carbocycles. The van der Waals surface area contributed by atoms with E-state index < -0.39 is 6.10 Å². The average molecular weight is 298 g/mol. The summed E-state index contributed by atoms with van der Waals surface area (Å²) >= 11 is 0. The van der Waals surface area contributed by atoms with Crippen molar-refractivity contribution in [2.24, 2.45) is 0 Å². The molecule has 2 rings (SSSR count). The molecule has 21 heavy (non-hydrogen) atoms. The third-order valence-corrected chi connectivity index (χ3v) is 4.08. The molecule has 0 aromatic heterocycles.